The highest BCUT2D eigenvalue weighted by Crippen LogP contribution is 2.18. The summed E-state index contributed by atoms with van der Waals surface area (Å²) in [4.78, 5) is 5.83. The number of aromatic nitrogens is 1. The Morgan fingerprint density at radius 3 is 2.62 bits per heavy atom. The van der Waals surface area contributed by atoms with Gasteiger partial charge in [0, 0.05) is 19.3 Å². The third-order valence-corrected chi connectivity index (χ3v) is 3.28. The first-order valence-corrected chi connectivity index (χ1v) is 6.75. The number of aliphatic hydroxyl groups excluding tert-OH is 1. The molecule has 0 radical (unpaired) electrons. The first-order chi connectivity index (χ1) is 9.95. The third kappa shape index (κ3) is 4.46. The van der Waals surface area contributed by atoms with Gasteiger partial charge in [-0.3, -0.25) is 4.90 Å². The van der Waals surface area contributed by atoms with Crippen molar-refractivity contribution in [3.8, 4) is 0 Å². The SMILES string of the molecule is CN(Cc1ccc(Cl)nc1)CC(O)c1ccc(F)c(F)c1. The van der Waals surface area contributed by atoms with Crippen molar-refractivity contribution in [1.29, 1.82) is 0 Å². The van der Waals surface area contributed by atoms with Gasteiger partial charge in [0.05, 0.1) is 6.10 Å². The highest BCUT2D eigenvalue weighted by atomic mass is 35.5. The molecule has 1 unspecified atom stereocenters. The summed E-state index contributed by atoms with van der Waals surface area (Å²) < 4.78 is 26.0. The highest BCUT2D eigenvalue weighted by molar-refractivity contribution is 6.29. The van der Waals surface area contributed by atoms with Crippen LogP contribution in [0.4, 0.5) is 8.78 Å². The molecule has 0 saturated carbocycles. The van der Waals surface area contributed by atoms with Gasteiger partial charge >= 0.3 is 0 Å². The molecule has 1 aromatic carbocycles. The largest absolute Gasteiger partial charge is 0.387 e. The number of hydrogen-bond donors (Lipinski definition) is 1. The molecule has 0 aliphatic heterocycles. The van der Waals surface area contributed by atoms with E-state index in [0.717, 1.165) is 17.7 Å². The van der Waals surface area contributed by atoms with E-state index in [1.54, 1.807) is 12.3 Å². The normalized spacial score (nSPS) is 12.7. The summed E-state index contributed by atoms with van der Waals surface area (Å²) >= 11 is 5.71. The number of nitrogens with zero attached hydrogens (tertiary/aromatic N) is 2. The average molecular weight is 313 g/mol. The topological polar surface area (TPSA) is 36.4 Å². The van der Waals surface area contributed by atoms with Crippen LogP contribution in [0.5, 0.6) is 0 Å². The average Bonchev–Trinajstić information content (AvgIpc) is 2.44. The van der Waals surface area contributed by atoms with E-state index in [1.807, 2.05) is 18.0 Å². The standard InChI is InChI=1S/C15H15ClF2N2O/c1-20(8-10-2-5-15(16)19-7-10)9-14(21)11-3-4-12(17)13(18)6-11/h2-7,14,21H,8-9H2,1H3. The predicted octanol–water partition coefficient (Wildman–Crippen LogP) is 3.18. The van der Waals surface area contributed by atoms with E-state index >= 15 is 0 Å². The van der Waals surface area contributed by atoms with Crippen molar-refractivity contribution < 1.29 is 13.9 Å². The second-order valence-electron chi connectivity index (χ2n) is 4.88. The molecule has 0 aliphatic rings. The maximum absolute atomic E-state index is 13.1. The molecule has 1 N–H and O–H groups in total. The van der Waals surface area contributed by atoms with Crippen molar-refractivity contribution in [2.24, 2.45) is 0 Å². The Balaban J connectivity index is 1.96. The maximum atomic E-state index is 13.1. The molecule has 6 heteroatoms. The molecule has 2 rings (SSSR count). The van der Waals surface area contributed by atoms with Crippen LogP contribution in [-0.4, -0.2) is 28.6 Å². The summed E-state index contributed by atoms with van der Waals surface area (Å²) in [5.74, 6) is -1.89. The summed E-state index contributed by atoms with van der Waals surface area (Å²) in [6.45, 7) is 0.846. The fraction of sp³-hybridized carbons (Fsp3) is 0.267. The molecule has 0 saturated heterocycles. The van der Waals surface area contributed by atoms with Crippen molar-refractivity contribution in [3.05, 3.63) is 64.4 Å². The van der Waals surface area contributed by atoms with Crippen LogP contribution in [0.15, 0.2) is 36.5 Å². The molecule has 21 heavy (non-hydrogen) atoms. The van der Waals surface area contributed by atoms with E-state index in [-0.39, 0.29) is 6.54 Å². The minimum absolute atomic E-state index is 0.285. The Bertz CT molecular complexity index is 607. The van der Waals surface area contributed by atoms with Gasteiger partial charge in [-0.25, -0.2) is 13.8 Å². The lowest BCUT2D eigenvalue weighted by molar-refractivity contribution is 0.123. The van der Waals surface area contributed by atoms with Crippen LogP contribution in [-0.2, 0) is 6.54 Å². The van der Waals surface area contributed by atoms with Crippen molar-refractivity contribution in [2.75, 3.05) is 13.6 Å². The Kier molecular flexibility index (Phi) is 5.22. The quantitative estimate of drug-likeness (QED) is 0.862. The van der Waals surface area contributed by atoms with Crippen LogP contribution in [0.2, 0.25) is 5.15 Å². The fourth-order valence-electron chi connectivity index (χ4n) is 2.00. The van der Waals surface area contributed by atoms with Gasteiger partial charge in [0.25, 0.3) is 0 Å². The van der Waals surface area contributed by atoms with Crippen LogP contribution in [0, 0.1) is 11.6 Å². The number of likely N-dealkylation sites (N-methyl/N-ethyl adjacent to an activating group) is 1. The van der Waals surface area contributed by atoms with Crippen LogP contribution in [0.3, 0.4) is 0 Å². The molecule has 0 bridgehead atoms. The lowest BCUT2D eigenvalue weighted by Crippen LogP contribution is -2.24. The molecule has 0 amide bonds. The molecule has 1 atom stereocenters. The Morgan fingerprint density at radius 2 is 2.00 bits per heavy atom. The van der Waals surface area contributed by atoms with Crippen LogP contribution >= 0.6 is 11.6 Å². The van der Waals surface area contributed by atoms with Crippen molar-refractivity contribution in [2.45, 2.75) is 12.6 Å². The zero-order chi connectivity index (χ0) is 15.4. The van der Waals surface area contributed by atoms with Crippen molar-refractivity contribution in [3.63, 3.8) is 0 Å². The summed E-state index contributed by atoms with van der Waals surface area (Å²) in [6.07, 6.45) is 0.758. The van der Waals surface area contributed by atoms with Gasteiger partial charge in [0.1, 0.15) is 5.15 Å². The summed E-state index contributed by atoms with van der Waals surface area (Å²) in [7, 11) is 1.82. The van der Waals surface area contributed by atoms with Gasteiger partial charge in [-0.05, 0) is 36.4 Å². The summed E-state index contributed by atoms with van der Waals surface area (Å²) in [6, 6.07) is 6.93. The number of rotatable bonds is 5. The second-order valence-corrected chi connectivity index (χ2v) is 5.26. The lowest BCUT2D eigenvalue weighted by atomic mass is 10.1. The van der Waals surface area contributed by atoms with Gasteiger partial charge in [-0.15, -0.1) is 0 Å². The lowest BCUT2D eigenvalue weighted by Gasteiger charge is -2.20. The highest BCUT2D eigenvalue weighted by Gasteiger charge is 2.13. The van der Waals surface area contributed by atoms with Gasteiger partial charge < -0.3 is 5.11 Å². The molecule has 0 fully saturated rings. The van der Waals surface area contributed by atoms with Crippen molar-refractivity contribution >= 4 is 11.6 Å². The first-order valence-electron chi connectivity index (χ1n) is 6.37. The van der Waals surface area contributed by atoms with Crippen LogP contribution < -0.4 is 0 Å². The Hall–Kier alpha value is -1.56. The Morgan fingerprint density at radius 1 is 1.24 bits per heavy atom. The first kappa shape index (κ1) is 15.8. The molecular formula is C15H15ClF2N2O. The van der Waals surface area contributed by atoms with E-state index in [2.05, 4.69) is 4.98 Å². The molecule has 112 valence electrons. The van der Waals surface area contributed by atoms with E-state index < -0.39 is 17.7 Å². The van der Waals surface area contributed by atoms with Gasteiger partial charge in [0.15, 0.2) is 11.6 Å². The van der Waals surface area contributed by atoms with Crippen molar-refractivity contribution in [1.82, 2.24) is 9.88 Å². The van der Waals surface area contributed by atoms with E-state index in [4.69, 9.17) is 11.6 Å². The van der Waals surface area contributed by atoms with E-state index in [1.165, 1.54) is 6.07 Å². The van der Waals surface area contributed by atoms with Gasteiger partial charge in [-0.2, -0.15) is 0 Å². The van der Waals surface area contributed by atoms with Gasteiger partial charge in [0.2, 0.25) is 0 Å². The summed E-state index contributed by atoms with van der Waals surface area (Å²) in [5.41, 5.74) is 1.29. The summed E-state index contributed by atoms with van der Waals surface area (Å²) in [5, 5.41) is 10.5. The molecule has 0 spiro atoms. The third-order valence-electron chi connectivity index (χ3n) is 3.05. The molecule has 2 aromatic rings. The second kappa shape index (κ2) is 6.93. The number of hydrogen-bond acceptors (Lipinski definition) is 3. The molecule has 1 heterocycles. The maximum Gasteiger partial charge on any atom is 0.159 e. The zero-order valence-corrected chi connectivity index (χ0v) is 12.2. The minimum Gasteiger partial charge on any atom is -0.387 e. The monoisotopic (exact) mass is 312 g/mol. The van der Waals surface area contributed by atoms with Crippen LogP contribution in [0.1, 0.15) is 17.2 Å². The van der Waals surface area contributed by atoms with Crippen LogP contribution in [0.25, 0.3) is 0 Å². The number of aliphatic hydroxyl groups is 1. The van der Waals surface area contributed by atoms with Gasteiger partial charge in [-0.1, -0.05) is 23.7 Å². The fourth-order valence-corrected chi connectivity index (χ4v) is 2.11. The molecule has 0 aliphatic carbocycles. The number of benzene rings is 1. The zero-order valence-electron chi connectivity index (χ0n) is 11.4. The Labute approximate surface area is 126 Å². The van der Waals surface area contributed by atoms with E-state index in [0.29, 0.717) is 17.3 Å². The minimum atomic E-state index is -0.962. The van der Waals surface area contributed by atoms with E-state index in [9.17, 15) is 13.9 Å². The molecular weight excluding hydrogens is 298 g/mol. The number of halogens is 3. The smallest absolute Gasteiger partial charge is 0.159 e. The molecule has 3 nitrogen and oxygen atoms in total. The molecule has 1 aromatic heterocycles. The number of pyridine rings is 1. The predicted molar refractivity (Wildman–Crippen MR) is 76.9 cm³/mol.